The van der Waals surface area contributed by atoms with Gasteiger partial charge in [-0.05, 0) is 49.2 Å². The molecule has 2 aromatic carbocycles. The molecule has 0 radical (unpaired) electrons. The van der Waals surface area contributed by atoms with Crippen LogP contribution < -0.4 is 9.47 Å². The van der Waals surface area contributed by atoms with Crippen LogP contribution in [-0.2, 0) is 4.79 Å². The molecule has 1 fully saturated rings. The number of piperidine rings is 1. The standard InChI is InChI=1S/C21H19ClN2O4/c1-27-19-11-14(12-23)4-9-18(19)28-21(26)16-3-2-10-24(13-16)20(25)15-5-7-17(22)8-6-15/h4-9,11,16H,2-3,10,13H2,1H3. The zero-order chi connectivity index (χ0) is 20.1. The molecule has 1 unspecified atom stereocenters. The highest BCUT2D eigenvalue weighted by Gasteiger charge is 2.30. The zero-order valence-corrected chi connectivity index (χ0v) is 16.1. The third-order valence-corrected chi connectivity index (χ3v) is 4.89. The zero-order valence-electron chi connectivity index (χ0n) is 15.4. The maximum absolute atomic E-state index is 12.7. The Morgan fingerprint density at radius 2 is 1.93 bits per heavy atom. The van der Waals surface area contributed by atoms with Crippen molar-refractivity contribution in [1.29, 1.82) is 5.26 Å². The van der Waals surface area contributed by atoms with E-state index < -0.39 is 11.9 Å². The van der Waals surface area contributed by atoms with Gasteiger partial charge < -0.3 is 14.4 Å². The third kappa shape index (κ3) is 4.44. The second kappa shape index (κ2) is 8.77. The van der Waals surface area contributed by atoms with Crippen molar-refractivity contribution in [1.82, 2.24) is 4.90 Å². The fourth-order valence-corrected chi connectivity index (χ4v) is 3.27. The van der Waals surface area contributed by atoms with E-state index in [2.05, 4.69) is 0 Å². The van der Waals surface area contributed by atoms with Gasteiger partial charge in [-0.15, -0.1) is 0 Å². The molecule has 3 rings (SSSR count). The molecule has 1 aliphatic heterocycles. The molecule has 1 saturated heterocycles. The molecule has 0 bridgehead atoms. The first-order valence-corrected chi connectivity index (χ1v) is 9.24. The van der Waals surface area contributed by atoms with Crippen LogP contribution in [0, 0.1) is 17.2 Å². The van der Waals surface area contributed by atoms with E-state index in [-0.39, 0.29) is 11.7 Å². The lowest BCUT2D eigenvalue weighted by atomic mass is 9.97. The molecule has 144 valence electrons. The summed E-state index contributed by atoms with van der Waals surface area (Å²) in [5.41, 5.74) is 0.946. The highest BCUT2D eigenvalue weighted by Crippen LogP contribution is 2.30. The number of halogens is 1. The summed E-state index contributed by atoms with van der Waals surface area (Å²) in [5.74, 6) is -0.406. The first-order chi connectivity index (χ1) is 13.5. The topological polar surface area (TPSA) is 79.6 Å². The minimum absolute atomic E-state index is 0.134. The van der Waals surface area contributed by atoms with Crippen molar-refractivity contribution in [2.45, 2.75) is 12.8 Å². The van der Waals surface area contributed by atoms with Crippen molar-refractivity contribution in [3.63, 3.8) is 0 Å². The number of nitriles is 1. The molecule has 2 aromatic rings. The molecule has 6 nitrogen and oxygen atoms in total. The molecular weight excluding hydrogens is 380 g/mol. The lowest BCUT2D eigenvalue weighted by Gasteiger charge is -2.31. The van der Waals surface area contributed by atoms with Crippen LogP contribution in [0.25, 0.3) is 0 Å². The van der Waals surface area contributed by atoms with Gasteiger partial charge in [-0.25, -0.2) is 0 Å². The molecule has 1 amide bonds. The van der Waals surface area contributed by atoms with Crippen molar-refractivity contribution in [3.8, 4) is 17.6 Å². The fourth-order valence-electron chi connectivity index (χ4n) is 3.14. The summed E-state index contributed by atoms with van der Waals surface area (Å²) in [5, 5.41) is 9.53. The predicted octanol–water partition coefficient (Wildman–Crippen LogP) is 3.68. The molecular formula is C21H19ClN2O4. The number of benzene rings is 2. The Bertz CT molecular complexity index is 921. The van der Waals surface area contributed by atoms with Gasteiger partial charge in [-0.1, -0.05) is 11.6 Å². The van der Waals surface area contributed by atoms with E-state index in [1.807, 2.05) is 6.07 Å². The van der Waals surface area contributed by atoms with Crippen molar-refractivity contribution in [3.05, 3.63) is 58.6 Å². The van der Waals surface area contributed by atoms with E-state index in [4.69, 9.17) is 26.3 Å². The Hall–Kier alpha value is -3.04. The highest BCUT2D eigenvalue weighted by molar-refractivity contribution is 6.30. The smallest absolute Gasteiger partial charge is 0.316 e. The molecule has 1 heterocycles. The van der Waals surface area contributed by atoms with Crippen molar-refractivity contribution in [2.75, 3.05) is 20.2 Å². The number of carbonyl (C=O) groups is 2. The summed E-state index contributed by atoms with van der Waals surface area (Å²) < 4.78 is 10.7. The maximum atomic E-state index is 12.7. The maximum Gasteiger partial charge on any atom is 0.316 e. The normalized spacial score (nSPS) is 16.2. The van der Waals surface area contributed by atoms with E-state index in [0.29, 0.717) is 47.8 Å². The van der Waals surface area contributed by atoms with E-state index in [9.17, 15) is 9.59 Å². The van der Waals surface area contributed by atoms with Crippen LogP contribution in [0.4, 0.5) is 0 Å². The first kappa shape index (κ1) is 19.7. The molecule has 1 atom stereocenters. The van der Waals surface area contributed by atoms with E-state index >= 15 is 0 Å². The number of ether oxygens (including phenoxy) is 2. The second-order valence-electron chi connectivity index (χ2n) is 6.50. The van der Waals surface area contributed by atoms with Gasteiger partial charge in [0.2, 0.25) is 0 Å². The van der Waals surface area contributed by atoms with Gasteiger partial charge in [0.1, 0.15) is 0 Å². The first-order valence-electron chi connectivity index (χ1n) is 8.86. The van der Waals surface area contributed by atoms with Gasteiger partial charge in [0, 0.05) is 29.7 Å². The van der Waals surface area contributed by atoms with Crippen LogP contribution in [0.3, 0.4) is 0 Å². The molecule has 0 N–H and O–H groups in total. The average Bonchev–Trinajstić information content (AvgIpc) is 2.74. The van der Waals surface area contributed by atoms with Crippen LogP contribution in [0.2, 0.25) is 5.02 Å². The molecule has 0 saturated carbocycles. The van der Waals surface area contributed by atoms with Gasteiger partial charge in [0.15, 0.2) is 11.5 Å². The summed E-state index contributed by atoms with van der Waals surface area (Å²) in [4.78, 5) is 27.0. The van der Waals surface area contributed by atoms with Crippen LogP contribution in [-0.4, -0.2) is 37.0 Å². The number of methoxy groups -OCH3 is 1. The monoisotopic (exact) mass is 398 g/mol. The summed E-state index contributed by atoms with van der Waals surface area (Å²) in [6.45, 7) is 0.879. The minimum atomic E-state index is -0.426. The Kier molecular flexibility index (Phi) is 6.17. The SMILES string of the molecule is COc1cc(C#N)ccc1OC(=O)C1CCCN(C(=O)c2ccc(Cl)cc2)C1. The number of hydrogen-bond donors (Lipinski definition) is 0. The van der Waals surface area contributed by atoms with Gasteiger partial charge in [0.05, 0.1) is 24.7 Å². The summed E-state index contributed by atoms with van der Waals surface area (Å²) >= 11 is 5.87. The molecule has 7 heteroatoms. The molecule has 0 aromatic heterocycles. The Morgan fingerprint density at radius 1 is 1.18 bits per heavy atom. The predicted molar refractivity (Wildman–Crippen MR) is 103 cm³/mol. The molecule has 1 aliphatic rings. The largest absolute Gasteiger partial charge is 0.493 e. The number of nitrogens with zero attached hydrogens (tertiary/aromatic N) is 2. The van der Waals surface area contributed by atoms with Crippen LogP contribution in [0.1, 0.15) is 28.8 Å². The lowest BCUT2D eigenvalue weighted by Crippen LogP contribution is -2.43. The lowest BCUT2D eigenvalue weighted by molar-refractivity contribution is -0.140. The number of carbonyl (C=O) groups excluding carboxylic acids is 2. The number of rotatable bonds is 4. The van der Waals surface area contributed by atoms with Gasteiger partial charge in [0.25, 0.3) is 5.91 Å². The fraction of sp³-hybridized carbons (Fsp3) is 0.286. The molecule has 0 aliphatic carbocycles. The molecule has 28 heavy (non-hydrogen) atoms. The number of esters is 1. The van der Waals surface area contributed by atoms with Crippen molar-refractivity contribution >= 4 is 23.5 Å². The quantitative estimate of drug-likeness (QED) is 0.579. The minimum Gasteiger partial charge on any atom is -0.493 e. The Balaban J connectivity index is 1.68. The van der Waals surface area contributed by atoms with Crippen LogP contribution >= 0.6 is 11.6 Å². The van der Waals surface area contributed by atoms with Gasteiger partial charge >= 0.3 is 5.97 Å². The molecule has 0 spiro atoms. The Morgan fingerprint density at radius 3 is 2.61 bits per heavy atom. The summed E-state index contributed by atoms with van der Waals surface area (Å²) in [7, 11) is 1.45. The van der Waals surface area contributed by atoms with Crippen LogP contribution in [0.5, 0.6) is 11.5 Å². The highest BCUT2D eigenvalue weighted by atomic mass is 35.5. The third-order valence-electron chi connectivity index (χ3n) is 4.64. The van der Waals surface area contributed by atoms with Crippen molar-refractivity contribution < 1.29 is 19.1 Å². The summed E-state index contributed by atoms with van der Waals surface area (Å²) in [6.07, 6.45) is 1.35. The summed E-state index contributed by atoms with van der Waals surface area (Å²) in [6, 6.07) is 13.3. The average molecular weight is 399 g/mol. The number of amides is 1. The van der Waals surface area contributed by atoms with E-state index in [0.717, 1.165) is 0 Å². The Labute approximate surface area is 168 Å². The van der Waals surface area contributed by atoms with Gasteiger partial charge in [-0.2, -0.15) is 5.26 Å². The van der Waals surface area contributed by atoms with Crippen molar-refractivity contribution in [2.24, 2.45) is 5.92 Å². The second-order valence-corrected chi connectivity index (χ2v) is 6.93. The van der Waals surface area contributed by atoms with Gasteiger partial charge in [-0.3, -0.25) is 9.59 Å². The van der Waals surface area contributed by atoms with E-state index in [1.165, 1.54) is 19.2 Å². The van der Waals surface area contributed by atoms with Crippen LogP contribution in [0.15, 0.2) is 42.5 Å². The number of likely N-dealkylation sites (tertiary alicyclic amines) is 1. The number of hydrogen-bond acceptors (Lipinski definition) is 5. The van der Waals surface area contributed by atoms with E-state index in [1.54, 1.807) is 35.2 Å².